The van der Waals surface area contributed by atoms with E-state index in [0.29, 0.717) is 17.9 Å². The third-order valence-corrected chi connectivity index (χ3v) is 3.10. The number of carbonyl (C=O) groups is 1. The maximum absolute atomic E-state index is 12.2. The minimum atomic E-state index is 0.0766. The van der Waals surface area contributed by atoms with Crippen molar-refractivity contribution in [1.29, 1.82) is 0 Å². The number of nitrogens with zero attached hydrogens (tertiary/aromatic N) is 2. The van der Waals surface area contributed by atoms with Gasteiger partial charge in [-0.05, 0) is 18.4 Å². The zero-order valence-corrected chi connectivity index (χ0v) is 11.3. The molecular weight excluding hydrogens is 240 g/mol. The summed E-state index contributed by atoms with van der Waals surface area (Å²) in [6.07, 6.45) is 3.82. The predicted molar refractivity (Wildman–Crippen MR) is 73.5 cm³/mol. The SMILES string of the molecule is COc1cnn(C)c1C(=O)CCCc1ccccc1. The van der Waals surface area contributed by atoms with Crippen LogP contribution in [0.25, 0.3) is 0 Å². The van der Waals surface area contributed by atoms with Crippen LogP contribution in [0.2, 0.25) is 0 Å². The fourth-order valence-corrected chi connectivity index (χ4v) is 2.10. The van der Waals surface area contributed by atoms with Gasteiger partial charge in [-0.2, -0.15) is 5.10 Å². The van der Waals surface area contributed by atoms with Crippen LogP contribution in [0.1, 0.15) is 28.9 Å². The molecule has 2 rings (SSSR count). The van der Waals surface area contributed by atoms with Gasteiger partial charge in [-0.25, -0.2) is 0 Å². The van der Waals surface area contributed by atoms with Gasteiger partial charge < -0.3 is 4.74 Å². The molecule has 19 heavy (non-hydrogen) atoms. The Morgan fingerprint density at radius 3 is 2.74 bits per heavy atom. The third kappa shape index (κ3) is 3.22. The van der Waals surface area contributed by atoms with Crippen LogP contribution in [0.15, 0.2) is 36.5 Å². The first-order valence-electron chi connectivity index (χ1n) is 6.35. The van der Waals surface area contributed by atoms with E-state index < -0.39 is 0 Å². The molecule has 0 saturated carbocycles. The topological polar surface area (TPSA) is 44.1 Å². The molecule has 0 aliphatic rings. The maximum atomic E-state index is 12.2. The molecule has 100 valence electrons. The van der Waals surface area contributed by atoms with Crippen molar-refractivity contribution >= 4 is 5.78 Å². The summed E-state index contributed by atoms with van der Waals surface area (Å²) in [6.45, 7) is 0. The molecule has 1 aromatic carbocycles. The van der Waals surface area contributed by atoms with Gasteiger partial charge >= 0.3 is 0 Å². The molecule has 0 unspecified atom stereocenters. The second kappa shape index (κ2) is 6.18. The molecule has 0 fully saturated rings. The lowest BCUT2D eigenvalue weighted by Crippen LogP contribution is -2.08. The number of aryl methyl sites for hydroxylation is 2. The lowest BCUT2D eigenvalue weighted by Gasteiger charge is -2.04. The monoisotopic (exact) mass is 258 g/mol. The van der Waals surface area contributed by atoms with Gasteiger partial charge in [0, 0.05) is 13.5 Å². The molecule has 0 spiro atoms. The Morgan fingerprint density at radius 2 is 2.05 bits per heavy atom. The fourth-order valence-electron chi connectivity index (χ4n) is 2.10. The van der Waals surface area contributed by atoms with E-state index in [4.69, 9.17) is 4.74 Å². The Labute approximate surface area is 113 Å². The fraction of sp³-hybridized carbons (Fsp3) is 0.333. The molecule has 0 aliphatic heterocycles. The summed E-state index contributed by atoms with van der Waals surface area (Å²) in [6, 6.07) is 10.2. The first-order chi connectivity index (χ1) is 9.22. The van der Waals surface area contributed by atoms with Gasteiger partial charge in [-0.15, -0.1) is 0 Å². The second-order valence-electron chi connectivity index (χ2n) is 4.45. The second-order valence-corrected chi connectivity index (χ2v) is 4.45. The average Bonchev–Trinajstić information content (AvgIpc) is 2.81. The number of Topliss-reactive ketones (excluding diaryl/α,β-unsaturated/α-hetero) is 1. The van der Waals surface area contributed by atoms with E-state index in [-0.39, 0.29) is 5.78 Å². The highest BCUT2D eigenvalue weighted by Crippen LogP contribution is 2.19. The van der Waals surface area contributed by atoms with Gasteiger partial charge in [-0.3, -0.25) is 9.48 Å². The quantitative estimate of drug-likeness (QED) is 0.748. The first kappa shape index (κ1) is 13.3. The Hall–Kier alpha value is -2.10. The van der Waals surface area contributed by atoms with E-state index in [0.717, 1.165) is 12.8 Å². The minimum absolute atomic E-state index is 0.0766. The Kier molecular flexibility index (Phi) is 4.34. The van der Waals surface area contributed by atoms with Crippen molar-refractivity contribution in [2.45, 2.75) is 19.3 Å². The molecule has 4 nitrogen and oxygen atoms in total. The third-order valence-electron chi connectivity index (χ3n) is 3.10. The van der Waals surface area contributed by atoms with Gasteiger partial charge in [0.2, 0.25) is 0 Å². The summed E-state index contributed by atoms with van der Waals surface area (Å²) in [5.41, 5.74) is 1.81. The lowest BCUT2D eigenvalue weighted by molar-refractivity contribution is 0.0968. The van der Waals surface area contributed by atoms with Crippen molar-refractivity contribution in [2.75, 3.05) is 7.11 Å². The van der Waals surface area contributed by atoms with Gasteiger partial charge in [-0.1, -0.05) is 30.3 Å². The molecule has 2 aromatic rings. The summed E-state index contributed by atoms with van der Waals surface area (Å²) < 4.78 is 6.72. The predicted octanol–water partition coefficient (Wildman–Crippen LogP) is 2.63. The van der Waals surface area contributed by atoms with Crippen molar-refractivity contribution in [3.05, 3.63) is 47.8 Å². The highest BCUT2D eigenvalue weighted by atomic mass is 16.5. The van der Waals surface area contributed by atoms with Crippen LogP contribution in [0.3, 0.4) is 0 Å². The number of hydrogen-bond donors (Lipinski definition) is 0. The molecule has 0 saturated heterocycles. The highest BCUT2D eigenvalue weighted by Gasteiger charge is 2.16. The van der Waals surface area contributed by atoms with Crippen molar-refractivity contribution in [2.24, 2.45) is 7.05 Å². The normalized spacial score (nSPS) is 10.4. The van der Waals surface area contributed by atoms with Gasteiger partial charge in [0.15, 0.2) is 11.5 Å². The van der Waals surface area contributed by atoms with Crippen LogP contribution >= 0.6 is 0 Å². The van der Waals surface area contributed by atoms with Crippen molar-refractivity contribution in [3.8, 4) is 5.75 Å². The van der Waals surface area contributed by atoms with Crippen LogP contribution in [0, 0.1) is 0 Å². The number of carbonyl (C=O) groups excluding carboxylic acids is 1. The van der Waals surface area contributed by atoms with Crippen LogP contribution in [-0.2, 0) is 13.5 Å². The van der Waals surface area contributed by atoms with Crippen molar-refractivity contribution in [1.82, 2.24) is 9.78 Å². The van der Waals surface area contributed by atoms with Crippen molar-refractivity contribution in [3.63, 3.8) is 0 Å². The molecular formula is C15H18N2O2. The summed E-state index contributed by atoms with van der Waals surface area (Å²) in [5, 5.41) is 4.05. The largest absolute Gasteiger partial charge is 0.493 e. The zero-order chi connectivity index (χ0) is 13.7. The van der Waals surface area contributed by atoms with E-state index in [9.17, 15) is 4.79 Å². The Balaban J connectivity index is 1.93. The summed E-state index contributed by atoms with van der Waals surface area (Å²) >= 11 is 0. The summed E-state index contributed by atoms with van der Waals surface area (Å²) in [5.74, 6) is 0.625. The Morgan fingerprint density at radius 1 is 1.32 bits per heavy atom. The molecule has 1 aromatic heterocycles. The number of ether oxygens (including phenoxy) is 1. The van der Waals surface area contributed by atoms with E-state index in [1.165, 1.54) is 5.56 Å². The molecule has 0 amide bonds. The number of rotatable bonds is 6. The number of ketones is 1. The molecule has 4 heteroatoms. The van der Waals surface area contributed by atoms with Crippen LogP contribution in [-0.4, -0.2) is 22.7 Å². The molecule has 0 bridgehead atoms. The van der Waals surface area contributed by atoms with Crippen molar-refractivity contribution < 1.29 is 9.53 Å². The highest BCUT2D eigenvalue weighted by molar-refractivity contribution is 5.96. The minimum Gasteiger partial charge on any atom is -0.493 e. The number of methoxy groups -OCH3 is 1. The number of aromatic nitrogens is 2. The lowest BCUT2D eigenvalue weighted by atomic mass is 10.1. The maximum Gasteiger partial charge on any atom is 0.184 e. The summed E-state index contributed by atoms with van der Waals surface area (Å²) in [4.78, 5) is 12.2. The average molecular weight is 258 g/mol. The van der Waals surface area contributed by atoms with Crippen LogP contribution < -0.4 is 4.74 Å². The van der Waals surface area contributed by atoms with E-state index in [2.05, 4.69) is 17.2 Å². The van der Waals surface area contributed by atoms with E-state index >= 15 is 0 Å². The molecule has 0 aliphatic carbocycles. The smallest absolute Gasteiger partial charge is 0.184 e. The number of benzene rings is 1. The summed E-state index contributed by atoms with van der Waals surface area (Å²) in [7, 11) is 3.31. The van der Waals surface area contributed by atoms with E-state index in [1.54, 1.807) is 25.0 Å². The van der Waals surface area contributed by atoms with Gasteiger partial charge in [0.25, 0.3) is 0 Å². The van der Waals surface area contributed by atoms with Crippen LogP contribution in [0.5, 0.6) is 5.75 Å². The van der Waals surface area contributed by atoms with Gasteiger partial charge in [0.05, 0.1) is 13.3 Å². The first-order valence-corrected chi connectivity index (χ1v) is 6.35. The molecule has 1 heterocycles. The van der Waals surface area contributed by atoms with Gasteiger partial charge in [0.1, 0.15) is 5.69 Å². The molecule has 0 radical (unpaired) electrons. The standard InChI is InChI=1S/C15H18N2O2/c1-17-15(14(19-2)11-16-17)13(18)10-6-9-12-7-4-3-5-8-12/h3-5,7-8,11H,6,9-10H2,1-2H3. The van der Waals surface area contributed by atoms with E-state index in [1.807, 2.05) is 18.2 Å². The molecule has 0 N–H and O–H groups in total. The zero-order valence-electron chi connectivity index (χ0n) is 11.3. The van der Waals surface area contributed by atoms with Crippen LogP contribution in [0.4, 0.5) is 0 Å². The Bertz CT molecular complexity index is 547. The number of hydrogen-bond acceptors (Lipinski definition) is 3. The molecule has 0 atom stereocenters.